The Balaban J connectivity index is 2.17. The number of carbonyl (C=O) groups excluding carboxylic acids is 2. The zero-order valence-corrected chi connectivity index (χ0v) is 15.6. The highest BCUT2D eigenvalue weighted by atomic mass is 16.3. The second-order valence-corrected chi connectivity index (χ2v) is 7.08. The maximum Gasteiger partial charge on any atom is 0.295 e. The van der Waals surface area contributed by atoms with Crippen LogP contribution in [0.1, 0.15) is 35.2 Å². The van der Waals surface area contributed by atoms with Crippen molar-refractivity contribution in [1.82, 2.24) is 4.90 Å². The second kappa shape index (κ2) is 7.37. The van der Waals surface area contributed by atoms with Gasteiger partial charge >= 0.3 is 0 Å². The van der Waals surface area contributed by atoms with Crippen LogP contribution in [0.15, 0.2) is 54.1 Å². The quantitative estimate of drug-likeness (QED) is 0.496. The summed E-state index contributed by atoms with van der Waals surface area (Å²) in [7, 11) is 0. The van der Waals surface area contributed by atoms with Gasteiger partial charge in [0.25, 0.3) is 11.7 Å². The molecule has 2 aromatic rings. The molecule has 5 nitrogen and oxygen atoms in total. The maximum atomic E-state index is 12.7. The van der Waals surface area contributed by atoms with E-state index in [2.05, 4.69) is 0 Å². The van der Waals surface area contributed by atoms with Crippen molar-refractivity contribution in [1.29, 1.82) is 0 Å². The van der Waals surface area contributed by atoms with Crippen molar-refractivity contribution >= 4 is 17.4 Å². The minimum atomic E-state index is -0.796. The molecule has 0 radical (unpaired) electrons. The molecule has 27 heavy (non-hydrogen) atoms. The standard InChI is InChI=1S/C22H23NO4/c1-13-4-8-16(9-5-13)19-18(20(25)17-10-6-14(2)7-11-17)21(26)22(27)23(19)12-15(3)24/h4-11,15,19,24-25H,12H2,1-3H3/b20-18+. The SMILES string of the molecule is Cc1ccc(/C(O)=C2\C(=O)C(=O)N(CC(C)O)C2c2ccc(C)cc2)cc1. The topological polar surface area (TPSA) is 77.8 Å². The number of ketones is 1. The van der Waals surface area contributed by atoms with E-state index in [0.717, 1.165) is 11.1 Å². The van der Waals surface area contributed by atoms with Crippen LogP contribution < -0.4 is 0 Å². The highest BCUT2D eigenvalue weighted by Crippen LogP contribution is 2.39. The van der Waals surface area contributed by atoms with Crippen LogP contribution in [0.3, 0.4) is 0 Å². The van der Waals surface area contributed by atoms with Crippen molar-refractivity contribution in [2.24, 2.45) is 0 Å². The van der Waals surface area contributed by atoms with E-state index >= 15 is 0 Å². The number of carbonyl (C=O) groups is 2. The third kappa shape index (κ3) is 3.64. The summed E-state index contributed by atoms with van der Waals surface area (Å²) < 4.78 is 0. The lowest BCUT2D eigenvalue weighted by molar-refractivity contribution is -0.140. The largest absolute Gasteiger partial charge is 0.507 e. The molecule has 2 unspecified atom stereocenters. The first-order valence-corrected chi connectivity index (χ1v) is 8.89. The van der Waals surface area contributed by atoms with E-state index < -0.39 is 23.8 Å². The van der Waals surface area contributed by atoms with Gasteiger partial charge in [-0.15, -0.1) is 0 Å². The Morgan fingerprint density at radius 3 is 2.04 bits per heavy atom. The number of hydrogen-bond acceptors (Lipinski definition) is 4. The predicted octanol–water partition coefficient (Wildman–Crippen LogP) is 3.11. The van der Waals surface area contributed by atoms with Gasteiger partial charge in [-0.1, -0.05) is 59.7 Å². The number of nitrogens with zero attached hydrogens (tertiary/aromatic N) is 1. The lowest BCUT2D eigenvalue weighted by Gasteiger charge is -2.26. The number of aliphatic hydroxyl groups excluding tert-OH is 2. The summed E-state index contributed by atoms with van der Waals surface area (Å²) in [5.74, 6) is -1.65. The van der Waals surface area contributed by atoms with Crippen molar-refractivity contribution in [3.05, 3.63) is 76.4 Å². The van der Waals surface area contributed by atoms with Gasteiger partial charge in [0.15, 0.2) is 0 Å². The molecule has 1 fully saturated rings. The Morgan fingerprint density at radius 2 is 1.52 bits per heavy atom. The van der Waals surface area contributed by atoms with Crippen molar-refractivity contribution in [3.8, 4) is 0 Å². The fourth-order valence-corrected chi connectivity index (χ4v) is 3.32. The Kier molecular flexibility index (Phi) is 5.15. The lowest BCUT2D eigenvalue weighted by atomic mass is 9.94. The third-order valence-electron chi connectivity index (χ3n) is 4.72. The molecule has 1 heterocycles. The number of benzene rings is 2. The summed E-state index contributed by atoms with van der Waals surface area (Å²) in [5.41, 5.74) is 3.32. The Hall–Kier alpha value is -2.92. The highest BCUT2D eigenvalue weighted by molar-refractivity contribution is 6.46. The van der Waals surface area contributed by atoms with Crippen LogP contribution in [0, 0.1) is 13.8 Å². The number of likely N-dealkylation sites (tertiary alicyclic amines) is 1. The van der Waals surface area contributed by atoms with Crippen molar-refractivity contribution in [2.75, 3.05) is 6.54 Å². The number of aryl methyl sites for hydroxylation is 2. The van der Waals surface area contributed by atoms with Gasteiger partial charge in [0.05, 0.1) is 17.7 Å². The average molecular weight is 365 g/mol. The fourth-order valence-electron chi connectivity index (χ4n) is 3.32. The van der Waals surface area contributed by atoms with Crippen molar-refractivity contribution in [2.45, 2.75) is 32.9 Å². The van der Waals surface area contributed by atoms with E-state index in [4.69, 9.17) is 0 Å². The van der Waals surface area contributed by atoms with Gasteiger partial charge in [-0.25, -0.2) is 0 Å². The van der Waals surface area contributed by atoms with Crippen LogP contribution in [-0.4, -0.2) is 39.5 Å². The van der Waals surface area contributed by atoms with Crippen molar-refractivity contribution in [3.63, 3.8) is 0 Å². The molecule has 1 saturated heterocycles. The molecule has 0 aliphatic carbocycles. The normalized spacial score (nSPS) is 20.1. The van der Waals surface area contributed by atoms with Gasteiger partial charge in [0.1, 0.15) is 5.76 Å². The molecule has 0 saturated carbocycles. The first-order valence-electron chi connectivity index (χ1n) is 8.89. The van der Waals surface area contributed by atoms with Crippen LogP contribution in [0.4, 0.5) is 0 Å². The third-order valence-corrected chi connectivity index (χ3v) is 4.72. The summed E-state index contributed by atoms with van der Waals surface area (Å²) in [5, 5.41) is 20.7. The molecule has 2 N–H and O–H groups in total. The van der Waals surface area contributed by atoms with Gasteiger partial charge in [0, 0.05) is 12.1 Å². The molecule has 1 aliphatic heterocycles. The number of aliphatic hydroxyl groups is 2. The van der Waals surface area contributed by atoms with Crippen LogP contribution in [0.5, 0.6) is 0 Å². The Labute approximate surface area is 158 Å². The molecule has 5 heteroatoms. The number of amides is 1. The zero-order valence-electron chi connectivity index (χ0n) is 15.6. The van der Waals surface area contributed by atoms with E-state index in [-0.39, 0.29) is 17.9 Å². The summed E-state index contributed by atoms with van der Waals surface area (Å²) in [6.07, 6.45) is -0.796. The molecule has 0 spiro atoms. The van der Waals surface area contributed by atoms with Gasteiger partial charge in [-0.2, -0.15) is 0 Å². The van der Waals surface area contributed by atoms with Crippen LogP contribution in [-0.2, 0) is 9.59 Å². The number of hydrogen-bond donors (Lipinski definition) is 2. The first kappa shape index (κ1) is 18.9. The summed E-state index contributed by atoms with van der Waals surface area (Å²) in [4.78, 5) is 26.7. The van der Waals surface area contributed by atoms with Crippen molar-refractivity contribution < 1.29 is 19.8 Å². The number of rotatable bonds is 4. The maximum absolute atomic E-state index is 12.7. The molecular weight excluding hydrogens is 342 g/mol. The van der Waals surface area contributed by atoms with E-state index in [0.29, 0.717) is 11.1 Å². The Morgan fingerprint density at radius 1 is 1.00 bits per heavy atom. The molecule has 2 atom stereocenters. The average Bonchev–Trinajstić information content (AvgIpc) is 2.87. The summed E-state index contributed by atoms with van der Waals surface area (Å²) in [6.45, 7) is 5.44. The van der Waals surface area contributed by atoms with Gasteiger partial charge < -0.3 is 15.1 Å². The second-order valence-electron chi connectivity index (χ2n) is 7.08. The van der Waals surface area contributed by atoms with Crippen LogP contribution in [0.2, 0.25) is 0 Å². The number of Topliss-reactive ketones (excluding diaryl/α,β-unsaturated/α-hetero) is 1. The molecule has 1 amide bonds. The van der Waals surface area contributed by atoms with E-state index in [1.807, 2.05) is 50.2 Å². The minimum Gasteiger partial charge on any atom is -0.507 e. The predicted molar refractivity (Wildman–Crippen MR) is 103 cm³/mol. The molecular formula is C22H23NO4. The monoisotopic (exact) mass is 365 g/mol. The van der Waals surface area contributed by atoms with E-state index in [1.54, 1.807) is 19.1 Å². The van der Waals surface area contributed by atoms with Gasteiger partial charge in [-0.3, -0.25) is 9.59 Å². The molecule has 3 rings (SSSR count). The smallest absolute Gasteiger partial charge is 0.295 e. The summed E-state index contributed by atoms with van der Waals surface area (Å²) in [6, 6.07) is 13.8. The van der Waals surface area contributed by atoms with E-state index in [9.17, 15) is 19.8 Å². The van der Waals surface area contributed by atoms with Crippen LogP contribution in [0.25, 0.3) is 5.76 Å². The summed E-state index contributed by atoms with van der Waals surface area (Å²) >= 11 is 0. The molecule has 1 aliphatic rings. The van der Waals surface area contributed by atoms with Gasteiger partial charge in [-0.05, 0) is 26.3 Å². The van der Waals surface area contributed by atoms with E-state index in [1.165, 1.54) is 4.90 Å². The first-order chi connectivity index (χ1) is 12.8. The zero-order chi connectivity index (χ0) is 19.7. The minimum absolute atomic E-state index is 0.00773. The Bertz CT molecular complexity index is 895. The highest BCUT2D eigenvalue weighted by Gasteiger charge is 2.46. The number of β-amino-alcohol motifs (C(OH)–C–C–N with tert-alkyl or cyclic N) is 1. The molecule has 0 bridgehead atoms. The lowest BCUT2D eigenvalue weighted by Crippen LogP contribution is -2.35. The molecule has 140 valence electrons. The molecule has 2 aromatic carbocycles. The van der Waals surface area contributed by atoms with Crippen LogP contribution >= 0.6 is 0 Å². The fraction of sp³-hybridized carbons (Fsp3) is 0.273. The van der Waals surface area contributed by atoms with Gasteiger partial charge in [0.2, 0.25) is 0 Å². The molecule has 0 aromatic heterocycles.